The monoisotopic (exact) mass is 222 g/mol. The molecule has 0 aromatic carbocycles. The van der Waals surface area contributed by atoms with Crippen LogP contribution in [0.25, 0.3) is 0 Å². The third-order valence-corrected chi connectivity index (χ3v) is 2.50. The van der Waals surface area contributed by atoms with Crippen molar-refractivity contribution in [3.63, 3.8) is 0 Å². The summed E-state index contributed by atoms with van der Waals surface area (Å²) in [4.78, 5) is 15.3. The van der Waals surface area contributed by atoms with Crippen molar-refractivity contribution in [2.24, 2.45) is 5.73 Å². The van der Waals surface area contributed by atoms with Crippen LogP contribution in [0.2, 0.25) is 0 Å². The number of primary amides is 1. The minimum absolute atomic E-state index is 0.286. The second-order valence-electron chi connectivity index (χ2n) is 3.69. The van der Waals surface area contributed by atoms with E-state index in [0.717, 1.165) is 12.8 Å². The molecular weight excluding hydrogens is 204 g/mol. The van der Waals surface area contributed by atoms with Crippen molar-refractivity contribution in [2.75, 3.05) is 11.1 Å². The Hall–Kier alpha value is -1.78. The summed E-state index contributed by atoms with van der Waals surface area (Å²) in [7, 11) is 0. The van der Waals surface area contributed by atoms with Crippen LogP contribution in [-0.2, 0) is 0 Å². The van der Waals surface area contributed by atoms with E-state index in [1.807, 2.05) is 0 Å². The van der Waals surface area contributed by atoms with Gasteiger partial charge in [-0.2, -0.15) is 0 Å². The third kappa shape index (κ3) is 2.85. The van der Waals surface area contributed by atoms with Crippen LogP contribution >= 0.6 is 0 Å². The maximum Gasteiger partial charge on any atom is 0.252 e. The van der Waals surface area contributed by atoms with Crippen molar-refractivity contribution in [2.45, 2.75) is 32.7 Å². The Balaban J connectivity index is 2.98. The van der Waals surface area contributed by atoms with Crippen LogP contribution in [0.4, 0.5) is 11.5 Å². The number of nitrogen functional groups attached to an aromatic ring is 1. The number of amides is 1. The van der Waals surface area contributed by atoms with Crippen LogP contribution in [0.15, 0.2) is 12.3 Å². The first-order chi connectivity index (χ1) is 7.58. The maximum atomic E-state index is 11.2. The maximum absolute atomic E-state index is 11.2. The van der Waals surface area contributed by atoms with Crippen molar-refractivity contribution < 1.29 is 4.79 Å². The molecular formula is C11H18N4O. The van der Waals surface area contributed by atoms with E-state index in [0.29, 0.717) is 17.1 Å². The Morgan fingerprint density at radius 2 is 2.12 bits per heavy atom. The molecule has 0 spiro atoms. The Kier molecular flexibility index (Phi) is 4.10. The fraction of sp³-hybridized carbons (Fsp3) is 0.455. The molecule has 0 radical (unpaired) electrons. The van der Waals surface area contributed by atoms with Gasteiger partial charge in [-0.15, -0.1) is 0 Å². The fourth-order valence-corrected chi connectivity index (χ4v) is 1.47. The van der Waals surface area contributed by atoms with E-state index in [-0.39, 0.29) is 6.04 Å². The predicted molar refractivity (Wildman–Crippen MR) is 65.2 cm³/mol. The Morgan fingerprint density at radius 3 is 2.62 bits per heavy atom. The van der Waals surface area contributed by atoms with Gasteiger partial charge in [0.05, 0.1) is 17.4 Å². The molecule has 1 aromatic rings. The molecule has 1 amide bonds. The van der Waals surface area contributed by atoms with Crippen LogP contribution < -0.4 is 16.8 Å². The molecule has 0 saturated heterocycles. The Morgan fingerprint density at radius 1 is 1.50 bits per heavy atom. The summed E-state index contributed by atoms with van der Waals surface area (Å²) in [6, 6.07) is 1.83. The van der Waals surface area contributed by atoms with Gasteiger partial charge in [-0.1, -0.05) is 13.8 Å². The normalized spacial score (nSPS) is 10.4. The lowest BCUT2D eigenvalue weighted by Crippen LogP contribution is -2.22. The summed E-state index contributed by atoms with van der Waals surface area (Å²) < 4.78 is 0. The number of carbonyl (C=O) groups is 1. The summed E-state index contributed by atoms with van der Waals surface area (Å²) >= 11 is 0. The van der Waals surface area contributed by atoms with Gasteiger partial charge in [-0.05, 0) is 18.9 Å². The summed E-state index contributed by atoms with van der Waals surface area (Å²) in [5.74, 6) is -0.0105. The van der Waals surface area contributed by atoms with E-state index in [1.165, 1.54) is 6.20 Å². The molecule has 5 heteroatoms. The third-order valence-electron chi connectivity index (χ3n) is 2.50. The second-order valence-corrected chi connectivity index (χ2v) is 3.69. The summed E-state index contributed by atoms with van der Waals surface area (Å²) in [6.45, 7) is 4.14. The van der Waals surface area contributed by atoms with E-state index in [4.69, 9.17) is 11.5 Å². The first-order valence-corrected chi connectivity index (χ1v) is 5.40. The summed E-state index contributed by atoms with van der Waals surface area (Å²) in [5, 5.41) is 3.19. The van der Waals surface area contributed by atoms with Crippen molar-refractivity contribution >= 4 is 17.4 Å². The molecule has 1 aromatic heterocycles. The van der Waals surface area contributed by atoms with Crippen molar-refractivity contribution in [3.05, 3.63) is 17.8 Å². The number of rotatable bonds is 5. The zero-order valence-corrected chi connectivity index (χ0v) is 9.66. The molecule has 1 rings (SSSR count). The van der Waals surface area contributed by atoms with Crippen LogP contribution in [0, 0.1) is 0 Å². The van der Waals surface area contributed by atoms with Gasteiger partial charge in [0.15, 0.2) is 0 Å². The number of nitrogens with zero attached hydrogens (tertiary/aromatic N) is 1. The lowest BCUT2D eigenvalue weighted by atomic mass is 10.1. The van der Waals surface area contributed by atoms with Crippen molar-refractivity contribution in [1.82, 2.24) is 4.98 Å². The highest BCUT2D eigenvalue weighted by Gasteiger charge is 2.12. The molecule has 0 fully saturated rings. The van der Waals surface area contributed by atoms with Crippen molar-refractivity contribution in [3.8, 4) is 0 Å². The fourth-order valence-electron chi connectivity index (χ4n) is 1.47. The van der Waals surface area contributed by atoms with Crippen LogP contribution in [0.1, 0.15) is 37.0 Å². The van der Waals surface area contributed by atoms with E-state index >= 15 is 0 Å². The first kappa shape index (κ1) is 12.3. The SMILES string of the molecule is CCC(CC)Nc1ncc(N)cc1C(N)=O. The molecule has 0 aliphatic carbocycles. The van der Waals surface area contributed by atoms with E-state index < -0.39 is 5.91 Å². The minimum atomic E-state index is -0.520. The van der Waals surface area contributed by atoms with Gasteiger partial charge in [0.2, 0.25) is 0 Å². The van der Waals surface area contributed by atoms with Gasteiger partial charge < -0.3 is 16.8 Å². The van der Waals surface area contributed by atoms with Gasteiger partial charge in [0.1, 0.15) is 5.82 Å². The van der Waals surface area contributed by atoms with E-state index in [1.54, 1.807) is 6.07 Å². The molecule has 0 aliphatic rings. The molecule has 0 unspecified atom stereocenters. The molecule has 1 heterocycles. The molecule has 0 atom stereocenters. The molecule has 0 saturated carbocycles. The number of hydrogen-bond acceptors (Lipinski definition) is 4. The smallest absolute Gasteiger partial charge is 0.252 e. The summed E-state index contributed by atoms with van der Waals surface area (Å²) in [6.07, 6.45) is 3.43. The molecule has 0 aliphatic heterocycles. The minimum Gasteiger partial charge on any atom is -0.397 e. The molecule has 88 valence electrons. The average Bonchev–Trinajstić information content (AvgIpc) is 2.27. The molecule has 5 N–H and O–H groups in total. The number of aromatic nitrogens is 1. The Bertz CT molecular complexity index is 374. The van der Waals surface area contributed by atoms with Crippen molar-refractivity contribution in [1.29, 1.82) is 0 Å². The number of hydrogen-bond donors (Lipinski definition) is 3. The van der Waals surface area contributed by atoms with Gasteiger partial charge in [0.25, 0.3) is 5.91 Å². The highest BCUT2D eigenvalue weighted by Crippen LogP contribution is 2.17. The van der Waals surface area contributed by atoms with E-state index in [9.17, 15) is 4.79 Å². The number of nitrogens with one attached hydrogen (secondary N) is 1. The van der Waals surface area contributed by atoms with Gasteiger partial charge in [-0.3, -0.25) is 4.79 Å². The van der Waals surface area contributed by atoms with Gasteiger partial charge in [-0.25, -0.2) is 4.98 Å². The van der Waals surface area contributed by atoms with Crippen LogP contribution in [-0.4, -0.2) is 16.9 Å². The van der Waals surface area contributed by atoms with Crippen LogP contribution in [0.3, 0.4) is 0 Å². The number of anilines is 2. The molecule has 16 heavy (non-hydrogen) atoms. The average molecular weight is 222 g/mol. The highest BCUT2D eigenvalue weighted by molar-refractivity contribution is 5.98. The largest absolute Gasteiger partial charge is 0.397 e. The topological polar surface area (TPSA) is 94.0 Å². The zero-order chi connectivity index (χ0) is 12.1. The molecule has 5 nitrogen and oxygen atoms in total. The lowest BCUT2D eigenvalue weighted by Gasteiger charge is -2.17. The number of carbonyl (C=O) groups excluding carboxylic acids is 1. The number of nitrogens with two attached hydrogens (primary N) is 2. The predicted octanol–water partition coefficient (Wildman–Crippen LogP) is 1.36. The molecule has 0 bridgehead atoms. The zero-order valence-electron chi connectivity index (χ0n) is 9.66. The standard InChI is InChI=1S/C11H18N4O/c1-3-8(4-2)15-11-9(10(13)16)5-7(12)6-14-11/h5-6,8H,3-4,12H2,1-2H3,(H2,13,16)(H,14,15). The summed E-state index contributed by atoms with van der Waals surface area (Å²) in [5.41, 5.74) is 11.6. The van der Waals surface area contributed by atoms with Crippen LogP contribution in [0.5, 0.6) is 0 Å². The second kappa shape index (κ2) is 5.34. The first-order valence-electron chi connectivity index (χ1n) is 5.40. The van der Waals surface area contributed by atoms with Gasteiger partial charge >= 0.3 is 0 Å². The van der Waals surface area contributed by atoms with Gasteiger partial charge in [0, 0.05) is 6.04 Å². The lowest BCUT2D eigenvalue weighted by molar-refractivity contribution is 0.100. The van der Waals surface area contributed by atoms with E-state index in [2.05, 4.69) is 24.1 Å². The number of pyridine rings is 1. The Labute approximate surface area is 95.2 Å². The highest BCUT2D eigenvalue weighted by atomic mass is 16.1. The quantitative estimate of drug-likeness (QED) is 0.701.